The van der Waals surface area contributed by atoms with E-state index in [2.05, 4.69) is 28.5 Å². The molecular weight excluding hydrogens is 402 g/mol. The summed E-state index contributed by atoms with van der Waals surface area (Å²) in [6.45, 7) is 9.23. The summed E-state index contributed by atoms with van der Waals surface area (Å²) in [5.41, 5.74) is 4.01. The van der Waals surface area contributed by atoms with Crippen molar-refractivity contribution in [1.29, 1.82) is 0 Å². The minimum atomic E-state index is -0.825. The monoisotopic (exact) mass is 439 g/mol. The Labute approximate surface area is 192 Å². The van der Waals surface area contributed by atoms with Crippen molar-refractivity contribution in [1.82, 2.24) is 15.2 Å². The molecule has 6 heteroatoms. The summed E-state index contributed by atoms with van der Waals surface area (Å²) < 4.78 is 5.59. The number of aromatic nitrogens is 1. The molecule has 0 unspecified atom stereocenters. The molecule has 0 bridgehead atoms. The van der Waals surface area contributed by atoms with E-state index in [9.17, 15) is 9.90 Å². The van der Waals surface area contributed by atoms with Crippen LogP contribution in [0.1, 0.15) is 57.7 Å². The topological polar surface area (TPSA) is 74.7 Å². The number of carboxylic acid groups (broad SMARTS) is 1. The van der Waals surface area contributed by atoms with Gasteiger partial charge in [-0.25, -0.2) is 4.79 Å². The van der Waals surface area contributed by atoms with Crippen LogP contribution in [-0.2, 0) is 6.54 Å². The van der Waals surface area contributed by atoms with E-state index in [1.165, 1.54) is 0 Å². The first-order valence-corrected chi connectivity index (χ1v) is 11.5. The van der Waals surface area contributed by atoms with Gasteiger partial charge < -0.3 is 20.1 Å². The second-order valence-corrected chi connectivity index (χ2v) is 9.88. The van der Waals surface area contributed by atoms with Crippen LogP contribution in [0.3, 0.4) is 0 Å². The third-order valence-electron chi connectivity index (χ3n) is 6.43. The zero-order chi connectivity index (χ0) is 23.3. The van der Waals surface area contributed by atoms with Gasteiger partial charge in [0.25, 0.3) is 0 Å². The number of benzene rings is 1. The van der Waals surface area contributed by atoms with Crippen molar-refractivity contribution < 1.29 is 14.6 Å². The highest BCUT2D eigenvalue weighted by Crippen LogP contribution is 2.30. The largest absolute Gasteiger partial charge is 0.496 e. The zero-order valence-corrected chi connectivity index (χ0v) is 20.0. The van der Waals surface area contributed by atoms with Crippen LogP contribution >= 0.6 is 0 Å². The molecule has 1 aliphatic rings. The number of aryl methyl sites for hydroxylation is 1. The van der Waals surface area contributed by atoms with Crippen LogP contribution < -0.4 is 10.1 Å². The highest BCUT2D eigenvalue weighted by Gasteiger charge is 2.30. The van der Waals surface area contributed by atoms with Crippen molar-refractivity contribution in [3.05, 3.63) is 47.8 Å². The zero-order valence-electron chi connectivity index (χ0n) is 20.0. The molecule has 0 aliphatic heterocycles. The van der Waals surface area contributed by atoms with Gasteiger partial charge in [-0.1, -0.05) is 12.1 Å². The molecule has 2 aromatic rings. The predicted octanol–water partition coefficient (Wildman–Crippen LogP) is 5.49. The van der Waals surface area contributed by atoms with Gasteiger partial charge in [0.2, 0.25) is 0 Å². The first-order chi connectivity index (χ1) is 15.2. The molecule has 0 saturated heterocycles. The lowest BCUT2D eigenvalue weighted by atomic mass is 9.85. The number of rotatable bonds is 7. The van der Waals surface area contributed by atoms with Gasteiger partial charge in [0.15, 0.2) is 0 Å². The number of nitrogens with one attached hydrogen (secondary N) is 1. The minimum Gasteiger partial charge on any atom is -0.496 e. The van der Waals surface area contributed by atoms with E-state index >= 15 is 0 Å². The van der Waals surface area contributed by atoms with Crippen LogP contribution in [0.5, 0.6) is 5.75 Å². The Balaban J connectivity index is 1.58. The SMILES string of the molecule is COc1ccc(-c2ccc(C)nc2)cc1CNC1CCC(CN(C(=O)O)C(C)(C)C)CC1. The van der Waals surface area contributed by atoms with E-state index in [1.807, 2.05) is 46.0 Å². The smallest absolute Gasteiger partial charge is 0.407 e. The maximum Gasteiger partial charge on any atom is 0.407 e. The van der Waals surface area contributed by atoms with Crippen molar-refractivity contribution in [3.63, 3.8) is 0 Å². The fourth-order valence-electron chi connectivity index (χ4n) is 4.44. The van der Waals surface area contributed by atoms with E-state index in [-0.39, 0.29) is 5.54 Å². The van der Waals surface area contributed by atoms with Gasteiger partial charge in [0.05, 0.1) is 7.11 Å². The number of hydrogen-bond donors (Lipinski definition) is 2. The molecule has 32 heavy (non-hydrogen) atoms. The number of methoxy groups -OCH3 is 1. The maximum absolute atomic E-state index is 11.6. The van der Waals surface area contributed by atoms with Gasteiger partial charge in [0.1, 0.15) is 5.75 Å². The average Bonchev–Trinajstić information content (AvgIpc) is 2.76. The van der Waals surface area contributed by atoms with Crippen LogP contribution in [0.25, 0.3) is 11.1 Å². The van der Waals surface area contributed by atoms with Crippen molar-refractivity contribution in [3.8, 4) is 16.9 Å². The lowest BCUT2D eigenvalue weighted by molar-refractivity contribution is 0.0812. The Morgan fingerprint density at radius 2 is 1.84 bits per heavy atom. The maximum atomic E-state index is 11.6. The van der Waals surface area contributed by atoms with Gasteiger partial charge in [-0.15, -0.1) is 0 Å². The number of nitrogens with zero attached hydrogens (tertiary/aromatic N) is 2. The summed E-state index contributed by atoms with van der Waals surface area (Å²) >= 11 is 0. The Bertz CT molecular complexity index is 898. The van der Waals surface area contributed by atoms with Crippen molar-refractivity contribution in [2.24, 2.45) is 5.92 Å². The lowest BCUT2D eigenvalue weighted by Gasteiger charge is -2.38. The van der Waals surface area contributed by atoms with Crippen LogP contribution in [0.15, 0.2) is 36.5 Å². The third-order valence-corrected chi connectivity index (χ3v) is 6.43. The molecule has 0 spiro atoms. The minimum absolute atomic E-state index is 0.366. The quantitative estimate of drug-likeness (QED) is 0.596. The Kier molecular flexibility index (Phi) is 7.77. The van der Waals surface area contributed by atoms with Gasteiger partial charge in [-0.05, 0) is 83.1 Å². The second-order valence-electron chi connectivity index (χ2n) is 9.88. The summed E-state index contributed by atoms with van der Waals surface area (Å²) in [5.74, 6) is 1.31. The standard InChI is InChI=1S/C26H37N3O3/c1-18-6-9-21(15-27-18)20-10-13-24(32-5)22(14-20)16-28-23-11-7-19(8-12-23)17-29(25(30)31)26(2,3)4/h6,9-10,13-15,19,23,28H,7-8,11-12,16-17H2,1-5H3,(H,30,31). The number of hydrogen-bond acceptors (Lipinski definition) is 4. The molecule has 0 radical (unpaired) electrons. The van der Waals surface area contributed by atoms with Crippen LogP contribution in [0.4, 0.5) is 4.79 Å². The summed E-state index contributed by atoms with van der Waals surface area (Å²) in [4.78, 5) is 17.6. The van der Waals surface area contributed by atoms with Gasteiger partial charge in [0, 0.05) is 47.7 Å². The van der Waals surface area contributed by atoms with E-state index in [0.29, 0.717) is 18.5 Å². The van der Waals surface area contributed by atoms with Gasteiger partial charge in [-0.2, -0.15) is 0 Å². The number of carbonyl (C=O) groups is 1. The first kappa shape index (κ1) is 24.1. The molecule has 1 saturated carbocycles. The molecular formula is C26H37N3O3. The third kappa shape index (κ3) is 6.22. The molecule has 2 N–H and O–H groups in total. The van der Waals surface area contributed by atoms with Crippen molar-refractivity contribution in [2.45, 2.75) is 71.5 Å². The molecule has 1 aromatic carbocycles. The van der Waals surface area contributed by atoms with E-state index < -0.39 is 6.09 Å². The molecule has 1 aliphatic carbocycles. The predicted molar refractivity (Wildman–Crippen MR) is 128 cm³/mol. The summed E-state index contributed by atoms with van der Waals surface area (Å²) in [5, 5.41) is 13.3. The molecule has 1 aromatic heterocycles. The molecule has 1 fully saturated rings. The lowest BCUT2D eigenvalue weighted by Crippen LogP contribution is -2.48. The van der Waals surface area contributed by atoms with Crippen LogP contribution in [0, 0.1) is 12.8 Å². The summed E-state index contributed by atoms with van der Waals surface area (Å²) in [6, 6.07) is 10.8. The van der Waals surface area contributed by atoms with Gasteiger partial charge in [-0.3, -0.25) is 4.98 Å². The molecule has 6 nitrogen and oxygen atoms in total. The fraction of sp³-hybridized carbons (Fsp3) is 0.538. The highest BCUT2D eigenvalue weighted by atomic mass is 16.5. The molecule has 0 atom stereocenters. The Morgan fingerprint density at radius 1 is 1.16 bits per heavy atom. The highest BCUT2D eigenvalue weighted by molar-refractivity contribution is 5.66. The van der Waals surface area contributed by atoms with E-state index in [1.54, 1.807) is 12.0 Å². The number of pyridine rings is 1. The summed E-state index contributed by atoms with van der Waals surface area (Å²) in [7, 11) is 1.71. The number of ether oxygens (including phenoxy) is 1. The average molecular weight is 440 g/mol. The normalized spacial score (nSPS) is 18.9. The first-order valence-electron chi connectivity index (χ1n) is 11.5. The Hall–Kier alpha value is -2.60. The van der Waals surface area contributed by atoms with E-state index in [4.69, 9.17) is 4.74 Å². The molecule has 174 valence electrons. The van der Waals surface area contributed by atoms with Crippen molar-refractivity contribution >= 4 is 6.09 Å². The van der Waals surface area contributed by atoms with Crippen LogP contribution in [0.2, 0.25) is 0 Å². The Morgan fingerprint density at radius 3 is 2.41 bits per heavy atom. The van der Waals surface area contributed by atoms with Crippen molar-refractivity contribution in [2.75, 3.05) is 13.7 Å². The van der Waals surface area contributed by atoms with E-state index in [0.717, 1.165) is 60.4 Å². The number of amides is 1. The molecule has 3 rings (SSSR count). The fourth-order valence-corrected chi connectivity index (χ4v) is 4.44. The second kappa shape index (κ2) is 10.3. The van der Waals surface area contributed by atoms with Gasteiger partial charge >= 0.3 is 6.09 Å². The van der Waals surface area contributed by atoms with Crippen LogP contribution in [-0.4, -0.2) is 46.3 Å². The molecule has 1 heterocycles. The summed E-state index contributed by atoms with van der Waals surface area (Å²) in [6.07, 6.45) is 5.30. The molecule has 1 amide bonds.